The van der Waals surface area contributed by atoms with Crippen LogP contribution < -0.4 is 5.32 Å². The summed E-state index contributed by atoms with van der Waals surface area (Å²) in [4.78, 5) is 8.41. The van der Waals surface area contributed by atoms with Gasteiger partial charge in [0.05, 0.1) is 5.69 Å². The van der Waals surface area contributed by atoms with Crippen molar-refractivity contribution in [3.8, 4) is 0 Å². The van der Waals surface area contributed by atoms with Gasteiger partial charge in [-0.15, -0.1) is 12.4 Å². The summed E-state index contributed by atoms with van der Waals surface area (Å²) in [6.07, 6.45) is 1.44. The van der Waals surface area contributed by atoms with Gasteiger partial charge >= 0.3 is 0 Å². The molecular formula is C16H11ClFN3O. The molecule has 0 saturated heterocycles. The molecule has 6 heteroatoms. The lowest BCUT2D eigenvalue weighted by Crippen LogP contribution is -1.96. The van der Waals surface area contributed by atoms with Gasteiger partial charge in [-0.1, -0.05) is 24.3 Å². The molecule has 0 spiro atoms. The van der Waals surface area contributed by atoms with Gasteiger partial charge in [0.1, 0.15) is 23.2 Å². The molecule has 0 atom stereocenters. The third kappa shape index (κ3) is 2.25. The standard InChI is InChI=1S/C16H10FN3O.ClH/c17-11-6-2-3-7-12(11)20-16-15-14(18-9-19-16)10-5-1-4-8-13(10)21-15;/h1-9H,(H,18,19,20);1H. The smallest absolute Gasteiger partial charge is 0.196 e. The molecule has 4 nitrogen and oxygen atoms in total. The van der Waals surface area contributed by atoms with Gasteiger partial charge in [-0.2, -0.15) is 0 Å². The molecule has 2 aromatic carbocycles. The summed E-state index contributed by atoms with van der Waals surface area (Å²) in [5.41, 5.74) is 2.30. The minimum Gasteiger partial charge on any atom is -0.450 e. The molecule has 2 aromatic heterocycles. The fourth-order valence-electron chi connectivity index (χ4n) is 2.30. The first kappa shape index (κ1) is 14.3. The van der Waals surface area contributed by atoms with Crippen molar-refractivity contribution in [1.29, 1.82) is 0 Å². The van der Waals surface area contributed by atoms with Crippen LogP contribution in [0.4, 0.5) is 15.9 Å². The van der Waals surface area contributed by atoms with Crippen LogP contribution in [-0.2, 0) is 0 Å². The summed E-state index contributed by atoms with van der Waals surface area (Å²) in [5.74, 6) is 0.0988. The third-order valence-electron chi connectivity index (χ3n) is 3.28. The van der Waals surface area contributed by atoms with Gasteiger partial charge in [0.25, 0.3) is 0 Å². The molecule has 0 radical (unpaired) electrons. The van der Waals surface area contributed by atoms with Gasteiger partial charge in [0.2, 0.25) is 0 Å². The van der Waals surface area contributed by atoms with Crippen LogP contribution in [0.5, 0.6) is 0 Å². The molecule has 0 amide bonds. The molecule has 4 rings (SSSR count). The van der Waals surface area contributed by atoms with Crippen LogP contribution in [0.2, 0.25) is 0 Å². The molecule has 22 heavy (non-hydrogen) atoms. The average molecular weight is 316 g/mol. The number of aromatic nitrogens is 2. The number of halogens is 2. The maximum atomic E-state index is 13.7. The van der Waals surface area contributed by atoms with E-state index >= 15 is 0 Å². The van der Waals surface area contributed by atoms with Gasteiger partial charge in [-0.3, -0.25) is 0 Å². The number of hydrogen-bond donors (Lipinski definition) is 1. The number of nitrogens with zero attached hydrogens (tertiary/aromatic N) is 2. The van der Waals surface area contributed by atoms with Crippen LogP contribution in [0, 0.1) is 5.82 Å². The Bertz CT molecular complexity index is 954. The summed E-state index contributed by atoms with van der Waals surface area (Å²) in [7, 11) is 0. The van der Waals surface area contributed by atoms with Crippen molar-refractivity contribution < 1.29 is 8.81 Å². The number of anilines is 2. The van der Waals surface area contributed by atoms with Gasteiger partial charge in [-0.25, -0.2) is 14.4 Å². The Balaban J connectivity index is 0.00000144. The maximum absolute atomic E-state index is 13.7. The van der Waals surface area contributed by atoms with E-state index in [0.717, 1.165) is 11.0 Å². The minimum absolute atomic E-state index is 0. The first-order chi connectivity index (χ1) is 10.3. The predicted octanol–water partition coefficient (Wildman–Crippen LogP) is 4.68. The van der Waals surface area contributed by atoms with Crippen molar-refractivity contribution in [2.45, 2.75) is 0 Å². The van der Waals surface area contributed by atoms with E-state index in [2.05, 4.69) is 15.3 Å². The highest BCUT2D eigenvalue weighted by Crippen LogP contribution is 2.31. The van der Waals surface area contributed by atoms with Crippen LogP contribution in [0.15, 0.2) is 59.3 Å². The fourth-order valence-corrected chi connectivity index (χ4v) is 2.30. The maximum Gasteiger partial charge on any atom is 0.196 e. The molecule has 1 N–H and O–H groups in total. The van der Waals surface area contributed by atoms with E-state index in [4.69, 9.17) is 4.42 Å². The summed E-state index contributed by atoms with van der Waals surface area (Å²) in [5, 5.41) is 3.87. The molecule has 4 aromatic rings. The van der Waals surface area contributed by atoms with E-state index in [0.29, 0.717) is 22.6 Å². The van der Waals surface area contributed by atoms with E-state index in [1.165, 1.54) is 12.4 Å². The highest BCUT2D eigenvalue weighted by Gasteiger charge is 2.13. The number of fused-ring (bicyclic) bond motifs is 3. The van der Waals surface area contributed by atoms with E-state index < -0.39 is 0 Å². The Morgan fingerprint density at radius 1 is 0.955 bits per heavy atom. The fraction of sp³-hybridized carbons (Fsp3) is 0. The zero-order valence-electron chi connectivity index (χ0n) is 11.3. The van der Waals surface area contributed by atoms with Crippen LogP contribution in [0.25, 0.3) is 22.1 Å². The third-order valence-corrected chi connectivity index (χ3v) is 3.28. The minimum atomic E-state index is -0.347. The molecule has 0 fully saturated rings. The Morgan fingerprint density at radius 3 is 2.59 bits per heavy atom. The quantitative estimate of drug-likeness (QED) is 0.583. The molecule has 0 aliphatic rings. The van der Waals surface area contributed by atoms with Gasteiger partial charge < -0.3 is 9.73 Å². The topological polar surface area (TPSA) is 51.0 Å². The summed E-state index contributed by atoms with van der Waals surface area (Å²) in [6, 6.07) is 14.0. The number of furan rings is 1. The van der Waals surface area contributed by atoms with Gasteiger partial charge in [-0.05, 0) is 24.3 Å². The zero-order valence-corrected chi connectivity index (χ0v) is 12.1. The Kier molecular flexibility index (Phi) is 3.65. The number of benzene rings is 2. The molecule has 0 aliphatic heterocycles. The lowest BCUT2D eigenvalue weighted by Gasteiger charge is -2.06. The van der Waals surface area contributed by atoms with Gasteiger partial charge in [0.15, 0.2) is 11.4 Å². The number of hydrogen-bond acceptors (Lipinski definition) is 4. The molecule has 110 valence electrons. The molecule has 0 aliphatic carbocycles. The Morgan fingerprint density at radius 2 is 1.73 bits per heavy atom. The average Bonchev–Trinajstić information content (AvgIpc) is 2.89. The summed E-state index contributed by atoms with van der Waals surface area (Å²) < 4.78 is 19.5. The van der Waals surface area contributed by atoms with Crippen LogP contribution in [0.3, 0.4) is 0 Å². The highest BCUT2D eigenvalue weighted by atomic mass is 35.5. The zero-order chi connectivity index (χ0) is 14.2. The molecule has 0 bridgehead atoms. The molecule has 2 heterocycles. The van der Waals surface area contributed by atoms with E-state index in [9.17, 15) is 4.39 Å². The number of nitrogens with one attached hydrogen (secondary N) is 1. The van der Waals surface area contributed by atoms with E-state index in [1.54, 1.807) is 18.2 Å². The molecule has 0 saturated carbocycles. The Labute approximate surface area is 131 Å². The van der Waals surface area contributed by atoms with Crippen molar-refractivity contribution in [2.24, 2.45) is 0 Å². The number of para-hydroxylation sites is 2. The van der Waals surface area contributed by atoms with Crippen molar-refractivity contribution in [2.75, 3.05) is 5.32 Å². The van der Waals surface area contributed by atoms with E-state index in [1.807, 2.05) is 24.3 Å². The molecular weight excluding hydrogens is 305 g/mol. The first-order valence-electron chi connectivity index (χ1n) is 6.47. The van der Waals surface area contributed by atoms with Crippen molar-refractivity contribution in [3.63, 3.8) is 0 Å². The lowest BCUT2D eigenvalue weighted by atomic mass is 10.2. The normalized spacial score (nSPS) is 10.6. The van der Waals surface area contributed by atoms with Gasteiger partial charge in [0, 0.05) is 5.39 Å². The number of rotatable bonds is 2. The monoisotopic (exact) mass is 315 g/mol. The lowest BCUT2D eigenvalue weighted by molar-refractivity contribution is 0.631. The van der Waals surface area contributed by atoms with Crippen molar-refractivity contribution >= 4 is 46.0 Å². The summed E-state index contributed by atoms with van der Waals surface area (Å²) in [6.45, 7) is 0. The summed E-state index contributed by atoms with van der Waals surface area (Å²) >= 11 is 0. The van der Waals surface area contributed by atoms with Crippen molar-refractivity contribution in [3.05, 3.63) is 60.7 Å². The second-order valence-electron chi connectivity index (χ2n) is 4.60. The second-order valence-corrected chi connectivity index (χ2v) is 4.60. The van der Waals surface area contributed by atoms with Crippen LogP contribution >= 0.6 is 12.4 Å². The largest absolute Gasteiger partial charge is 0.450 e. The predicted molar refractivity (Wildman–Crippen MR) is 86.2 cm³/mol. The molecule has 0 unspecified atom stereocenters. The highest BCUT2D eigenvalue weighted by molar-refractivity contribution is 6.05. The van der Waals surface area contributed by atoms with Crippen LogP contribution in [-0.4, -0.2) is 9.97 Å². The Hall–Kier alpha value is -2.66. The SMILES string of the molecule is Cl.Fc1ccccc1Nc1ncnc2c1oc1ccccc12. The van der Waals surface area contributed by atoms with Crippen LogP contribution in [0.1, 0.15) is 0 Å². The van der Waals surface area contributed by atoms with E-state index in [-0.39, 0.29) is 18.2 Å². The second kappa shape index (κ2) is 5.61. The van der Waals surface area contributed by atoms with Crippen molar-refractivity contribution in [1.82, 2.24) is 9.97 Å². The first-order valence-corrected chi connectivity index (χ1v) is 6.47.